The van der Waals surface area contributed by atoms with Crippen molar-refractivity contribution in [2.24, 2.45) is 0 Å². The Hall–Kier alpha value is -2.21. The standard InChI is InChI=1S/C14H11BrN4O/c1-16-11-5-2-9(3-6-11)14-18-13(19-20-14)12-7-4-10(15)8-17-12/h2-8,16H,1H3. The molecule has 1 aromatic carbocycles. The van der Waals surface area contributed by atoms with Crippen molar-refractivity contribution in [1.82, 2.24) is 15.1 Å². The molecule has 0 saturated heterocycles. The Morgan fingerprint density at radius 1 is 1.10 bits per heavy atom. The lowest BCUT2D eigenvalue weighted by Crippen LogP contribution is -1.87. The van der Waals surface area contributed by atoms with Crippen molar-refractivity contribution in [1.29, 1.82) is 0 Å². The molecule has 0 spiro atoms. The van der Waals surface area contributed by atoms with Crippen molar-refractivity contribution in [3.63, 3.8) is 0 Å². The summed E-state index contributed by atoms with van der Waals surface area (Å²) in [5, 5.41) is 7.02. The summed E-state index contributed by atoms with van der Waals surface area (Å²) in [6.07, 6.45) is 1.70. The molecule has 3 rings (SSSR count). The minimum Gasteiger partial charge on any atom is -0.388 e. The van der Waals surface area contributed by atoms with Crippen molar-refractivity contribution < 1.29 is 4.52 Å². The molecule has 0 atom stereocenters. The van der Waals surface area contributed by atoms with Crippen molar-refractivity contribution in [3.8, 4) is 23.0 Å². The lowest BCUT2D eigenvalue weighted by atomic mass is 10.2. The molecule has 0 amide bonds. The Kier molecular flexibility index (Phi) is 3.47. The van der Waals surface area contributed by atoms with Crippen molar-refractivity contribution >= 4 is 21.6 Å². The predicted molar refractivity (Wildman–Crippen MR) is 80.2 cm³/mol. The Morgan fingerprint density at radius 2 is 1.90 bits per heavy atom. The summed E-state index contributed by atoms with van der Waals surface area (Å²) in [5.41, 5.74) is 2.58. The van der Waals surface area contributed by atoms with Gasteiger partial charge in [0.25, 0.3) is 5.89 Å². The van der Waals surface area contributed by atoms with E-state index < -0.39 is 0 Å². The van der Waals surface area contributed by atoms with Crippen LogP contribution in [0.25, 0.3) is 23.0 Å². The van der Waals surface area contributed by atoms with E-state index in [9.17, 15) is 0 Å². The third-order valence-corrected chi connectivity index (χ3v) is 3.27. The summed E-state index contributed by atoms with van der Waals surface area (Å²) in [7, 11) is 1.87. The zero-order chi connectivity index (χ0) is 13.9. The quantitative estimate of drug-likeness (QED) is 0.794. The summed E-state index contributed by atoms with van der Waals surface area (Å²) >= 11 is 3.34. The lowest BCUT2D eigenvalue weighted by molar-refractivity contribution is 0.432. The normalized spacial score (nSPS) is 10.5. The number of nitrogens with zero attached hydrogens (tertiary/aromatic N) is 3. The molecule has 100 valence electrons. The molecule has 6 heteroatoms. The average Bonchev–Trinajstić information content (AvgIpc) is 2.98. The maximum Gasteiger partial charge on any atom is 0.258 e. The van der Waals surface area contributed by atoms with Crippen LogP contribution in [0.15, 0.2) is 51.6 Å². The predicted octanol–water partition coefficient (Wildman–Crippen LogP) is 3.60. The van der Waals surface area contributed by atoms with E-state index >= 15 is 0 Å². The third kappa shape index (κ3) is 2.55. The summed E-state index contributed by atoms with van der Waals surface area (Å²) in [6.45, 7) is 0. The van der Waals surface area contributed by atoms with E-state index in [1.54, 1.807) is 6.20 Å². The van der Waals surface area contributed by atoms with Gasteiger partial charge < -0.3 is 9.84 Å². The second kappa shape index (κ2) is 5.42. The molecule has 0 bridgehead atoms. The van der Waals surface area contributed by atoms with Gasteiger partial charge in [0.05, 0.1) is 0 Å². The maximum atomic E-state index is 5.28. The topological polar surface area (TPSA) is 63.8 Å². The molecule has 2 heterocycles. The highest BCUT2D eigenvalue weighted by Gasteiger charge is 2.11. The van der Waals surface area contributed by atoms with Gasteiger partial charge in [0.15, 0.2) is 0 Å². The molecule has 2 aromatic heterocycles. The van der Waals surface area contributed by atoms with E-state index in [1.807, 2.05) is 43.4 Å². The van der Waals surface area contributed by atoms with Gasteiger partial charge in [-0.25, -0.2) is 0 Å². The van der Waals surface area contributed by atoms with E-state index in [4.69, 9.17) is 4.52 Å². The minimum absolute atomic E-state index is 0.477. The van der Waals surface area contributed by atoms with Gasteiger partial charge in [-0.05, 0) is 52.3 Å². The van der Waals surface area contributed by atoms with E-state index in [2.05, 4.69) is 36.4 Å². The molecular formula is C14H11BrN4O. The molecule has 1 N–H and O–H groups in total. The second-order valence-electron chi connectivity index (χ2n) is 4.11. The Morgan fingerprint density at radius 3 is 2.55 bits per heavy atom. The van der Waals surface area contributed by atoms with Gasteiger partial charge in [-0.2, -0.15) is 4.98 Å². The van der Waals surface area contributed by atoms with E-state index in [-0.39, 0.29) is 0 Å². The van der Waals surface area contributed by atoms with E-state index in [1.165, 1.54) is 0 Å². The van der Waals surface area contributed by atoms with Crippen LogP contribution in [0.2, 0.25) is 0 Å². The Bertz CT molecular complexity index is 707. The first-order valence-corrected chi connectivity index (χ1v) is 6.79. The van der Waals surface area contributed by atoms with Crippen LogP contribution in [-0.2, 0) is 0 Å². The number of pyridine rings is 1. The molecule has 0 saturated carbocycles. The summed E-state index contributed by atoms with van der Waals surface area (Å²) in [5.74, 6) is 0.956. The number of benzene rings is 1. The SMILES string of the molecule is CNc1ccc(-c2nc(-c3ccc(Br)cn3)no2)cc1. The Balaban J connectivity index is 1.91. The molecule has 3 aromatic rings. The van der Waals surface area contributed by atoms with Gasteiger partial charge in [-0.3, -0.25) is 4.98 Å². The molecule has 0 aliphatic rings. The first-order valence-electron chi connectivity index (χ1n) is 6.00. The van der Waals surface area contributed by atoms with Crippen LogP contribution in [0.3, 0.4) is 0 Å². The van der Waals surface area contributed by atoms with Gasteiger partial charge in [0.1, 0.15) is 5.69 Å². The number of rotatable bonds is 3. The first-order chi connectivity index (χ1) is 9.76. The van der Waals surface area contributed by atoms with Gasteiger partial charge >= 0.3 is 0 Å². The monoisotopic (exact) mass is 330 g/mol. The molecule has 0 radical (unpaired) electrons. The lowest BCUT2D eigenvalue weighted by Gasteiger charge is -1.99. The van der Waals surface area contributed by atoms with Crippen LogP contribution < -0.4 is 5.32 Å². The van der Waals surface area contributed by atoms with Gasteiger partial charge in [-0.15, -0.1) is 0 Å². The Labute approximate surface area is 124 Å². The highest BCUT2D eigenvalue weighted by atomic mass is 79.9. The largest absolute Gasteiger partial charge is 0.388 e. The molecule has 0 aliphatic carbocycles. The van der Waals surface area contributed by atoms with Crippen LogP contribution in [0.5, 0.6) is 0 Å². The molecule has 0 aliphatic heterocycles. The summed E-state index contributed by atoms with van der Waals surface area (Å²) in [4.78, 5) is 8.60. The fourth-order valence-corrected chi connectivity index (χ4v) is 1.97. The summed E-state index contributed by atoms with van der Waals surface area (Å²) < 4.78 is 6.19. The van der Waals surface area contributed by atoms with E-state index in [0.717, 1.165) is 15.7 Å². The zero-order valence-electron chi connectivity index (χ0n) is 10.7. The van der Waals surface area contributed by atoms with Crippen molar-refractivity contribution in [3.05, 3.63) is 47.1 Å². The van der Waals surface area contributed by atoms with Crippen LogP contribution in [0.4, 0.5) is 5.69 Å². The van der Waals surface area contributed by atoms with Gasteiger partial charge in [-0.1, -0.05) is 5.16 Å². The highest BCUT2D eigenvalue weighted by Crippen LogP contribution is 2.23. The van der Waals surface area contributed by atoms with Gasteiger partial charge in [0.2, 0.25) is 5.82 Å². The number of nitrogens with one attached hydrogen (secondary N) is 1. The smallest absolute Gasteiger partial charge is 0.258 e. The van der Waals surface area contributed by atoms with Gasteiger partial charge in [0, 0.05) is 29.0 Å². The first kappa shape index (κ1) is 12.8. The van der Waals surface area contributed by atoms with Crippen molar-refractivity contribution in [2.75, 3.05) is 12.4 Å². The number of halogens is 1. The second-order valence-corrected chi connectivity index (χ2v) is 5.03. The third-order valence-electron chi connectivity index (χ3n) is 2.80. The molecule has 5 nitrogen and oxygen atoms in total. The minimum atomic E-state index is 0.477. The zero-order valence-corrected chi connectivity index (χ0v) is 12.3. The number of aromatic nitrogens is 3. The number of hydrogen-bond acceptors (Lipinski definition) is 5. The fourth-order valence-electron chi connectivity index (χ4n) is 1.73. The summed E-state index contributed by atoms with van der Waals surface area (Å²) in [6, 6.07) is 11.5. The average molecular weight is 331 g/mol. The number of hydrogen-bond donors (Lipinski definition) is 1. The molecule has 20 heavy (non-hydrogen) atoms. The highest BCUT2D eigenvalue weighted by molar-refractivity contribution is 9.10. The van der Waals surface area contributed by atoms with Crippen molar-refractivity contribution in [2.45, 2.75) is 0 Å². The van der Waals surface area contributed by atoms with E-state index in [0.29, 0.717) is 17.4 Å². The number of anilines is 1. The maximum absolute atomic E-state index is 5.28. The fraction of sp³-hybridized carbons (Fsp3) is 0.0714. The molecular weight excluding hydrogens is 320 g/mol. The molecule has 0 fully saturated rings. The molecule has 0 unspecified atom stereocenters. The van der Waals surface area contributed by atoms with Crippen LogP contribution in [-0.4, -0.2) is 22.2 Å². The van der Waals surface area contributed by atoms with Crippen LogP contribution in [0.1, 0.15) is 0 Å². The van der Waals surface area contributed by atoms with Crippen LogP contribution in [0, 0.1) is 0 Å². The van der Waals surface area contributed by atoms with Crippen LogP contribution >= 0.6 is 15.9 Å².